The fourth-order valence-corrected chi connectivity index (χ4v) is 5.53. The van der Waals surface area contributed by atoms with E-state index in [0.29, 0.717) is 36.4 Å². The highest BCUT2D eigenvalue weighted by molar-refractivity contribution is 7.16. The number of benzene rings is 1. The maximum atomic E-state index is 12.8. The number of ether oxygens (including phenoxy) is 2. The van der Waals surface area contributed by atoms with Gasteiger partial charge in [-0.05, 0) is 53.6 Å². The number of alkyl carbamates (subject to hydrolysis) is 1. The number of methoxy groups -OCH3 is 1. The Balaban J connectivity index is 1.35. The molecule has 2 N–H and O–H groups in total. The molecule has 9 heteroatoms. The molecular weight excluding hydrogens is 476 g/mol. The lowest BCUT2D eigenvalue weighted by molar-refractivity contribution is -0.116. The summed E-state index contributed by atoms with van der Waals surface area (Å²) in [6, 6.07) is 13.6. The summed E-state index contributed by atoms with van der Waals surface area (Å²) in [6.07, 6.45) is 4.64. The van der Waals surface area contributed by atoms with Crippen molar-refractivity contribution in [3.8, 4) is 11.8 Å². The third-order valence-corrected chi connectivity index (χ3v) is 7.34. The predicted octanol–water partition coefficient (Wildman–Crippen LogP) is 4.94. The SMILES string of the molecule is COc1cccc(C(C)CC(=O)Nc2sc3c(c2C#N)CCC(OC(=O)NCc2cccnc2)C3)c1. The molecular formula is C27H28N4O4S. The summed E-state index contributed by atoms with van der Waals surface area (Å²) in [5.74, 6) is 0.589. The van der Waals surface area contributed by atoms with Crippen molar-refractivity contribution >= 4 is 28.3 Å². The van der Waals surface area contributed by atoms with E-state index in [1.807, 2.05) is 43.3 Å². The van der Waals surface area contributed by atoms with Crippen LogP contribution < -0.4 is 15.4 Å². The van der Waals surface area contributed by atoms with Gasteiger partial charge in [0.25, 0.3) is 0 Å². The highest BCUT2D eigenvalue weighted by Crippen LogP contribution is 2.38. The van der Waals surface area contributed by atoms with Crippen molar-refractivity contribution in [3.05, 3.63) is 75.9 Å². The standard InChI is InChI=1S/C27H28N4O4S/c1-17(19-6-3-7-20(12-19)34-2)11-25(32)31-26-23(14-28)22-9-8-21(13-24(22)36-26)35-27(33)30-16-18-5-4-10-29-15-18/h3-7,10,12,15,17,21H,8-9,11,13,16H2,1-2H3,(H,30,33)(H,31,32). The second-order valence-corrected chi connectivity index (χ2v) is 9.84. The van der Waals surface area contributed by atoms with E-state index in [0.717, 1.165) is 27.3 Å². The molecule has 3 aromatic rings. The minimum atomic E-state index is -0.482. The molecule has 0 saturated carbocycles. The van der Waals surface area contributed by atoms with E-state index < -0.39 is 6.09 Å². The van der Waals surface area contributed by atoms with Crippen LogP contribution in [0.5, 0.6) is 5.75 Å². The molecule has 0 fully saturated rings. The van der Waals surface area contributed by atoms with Gasteiger partial charge in [0.05, 0.1) is 12.7 Å². The first-order chi connectivity index (χ1) is 17.5. The molecule has 0 radical (unpaired) electrons. The average molecular weight is 505 g/mol. The number of amides is 2. The molecule has 8 nitrogen and oxygen atoms in total. The fraction of sp³-hybridized carbons (Fsp3) is 0.333. The molecule has 0 saturated heterocycles. The van der Waals surface area contributed by atoms with Crippen LogP contribution in [0.1, 0.15) is 52.8 Å². The number of carbonyl (C=O) groups is 2. The van der Waals surface area contributed by atoms with Crippen LogP contribution in [0.15, 0.2) is 48.8 Å². The number of anilines is 1. The second-order valence-electron chi connectivity index (χ2n) is 8.73. The molecule has 4 rings (SSSR count). The van der Waals surface area contributed by atoms with E-state index in [9.17, 15) is 14.9 Å². The Morgan fingerprint density at radius 3 is 2.92 bits per heavy atom. The van der Waals surface area contributed by atoms with Crippen molar-refractivity contribution in [2.24, 2.45) is 0 Å². The number of fused-ring (bicyclic) bond motifs is 1. The zero-order valence-corrected chi connectivity index (χ0v) is 21.1. The van der Waals surface area contributed by atoms with Gasteiger partial charge < -0.3 is 20.1 Å². The molecule has 0 spiro atoms. The van der Waals surface area contributed by atoms with Crippen LogP contribution in [-0.2, 0) is 28.9 Å². The number of thiophene rings is 1. The minimum absolute atomic E-state index is 0.0109. The maximum Gasteiger partial charge on any atom is 0.407 e. The smallest absolute Gasteiger partial charge is 0.407 e. The quantitative estimate of drug-likeness (QED) is 0.449. The van der Waals surface area contributed by atoms with Crippen LogP contribution in [0.3, 0.4) is 0 Å². The minimum Gasteiger partial charge on any atom is -0.497 e. The predicted molar refractivity (Wildman–Crippen MR) is 137 cm³/mol. The van der Waals surface area contributed by atoms with E-state index in [1.54, 1.807) is 19.5 Å². The molecule has 0 aliphatic heterocycles. The van der Waals surface area contributed by atoms with E-state index in [1.165, 1.54) is 11.3 Å². The molecule has 2 atom stereocenters. The largest absolute Gasteiger partial charge is 0.497 e. The Morgan fingerprint density at radius 2 is 2.17 bits per heavy atom. The van der Waals surface area contributed by atoms with Gasteiger partial charge in [0, 0.05) is 36.7 Å². The van der Waals surface area contributed by atoms with E-state index >= 15 is 0 Å². The molecule has 2 aromatic heterocycles. The number of nitrogens with zero attached hydrogens (tertiary/aromatic N) is 2. The zero-order chi connectivity index (χ0) is 25.5. The summed E-state index contributed by atoms with van der Waals surface area (Å²) >= 11 is 1.39. The molecule has 2 heterocycles. The van der Waals surface area contributed by atoms with E-state index in [2.05, 4.69) is 21.7 Å². The molecule has 1 aliphatic carbocycles. The molecule has 36 heavy (non-hydrogen) atoms. The van der Waals surface area contributed by atoms with Crippen molar-refractivity contribution < 1.29 is 19.1 Å². The van der Waals surface area contributed by atoms with Gasteiger partial charge in [-0.2, -0.15) is 5.26 Å². The summed E-state index contributed by atoms with van der Waals surface area (Å²) in [5, 5.41) is 16.0. The monoisotopic (exact) mass is 504 g/mol. The molecule has 2 unspecified atom stereocenters. The van der Waals surface area contributed by atoms with Gasteiger partial charge >= 0.3 is 6.09 Å². The van der Waals surface area contributed by atoms with Gasteiger partial charge in [0.15, 0.2) is 0 Å². The number of aromatic nitrogens is 1. The second kappa shape index (κ2) is 11.7. The Bertz CT molecular complexity index is 1270. The summed E-state index contributed by atoms with van der Waals surface area (Å²) in [4.78, 5) is 30.1. The lowest BCUT2D eigenvalue weighted by Gasteiger charge is -2.22. The summed E-state index contributed by atoms with van der Waals surface area (Å²) in [6.45, 7) is 2.33. The number of nitrogens with one attached hydrogen (secondary N) is 2. The fourth-order valence-electron chi connectivity index (χ4n) is 4.25. The van der Waals surface area contributed by atoms with Crippen LogP contribution in [-0.4, -0.2) is 30.2 Å². The first-order valence-corrected chi connectivity index (χ1v) is 12.6. The lowest BCUT2D eigenvalue weighted by atomic mass is 9.93. The van der Waals surface area contributed by atoms with E-state index in [4.69, 9.17) is 9.47 Å². The number of pyridine rings is 1. The van der Waals surface area contributed by atoms with Gasteiger partial charge in [-0.3, -0.25) is 9.78 Å². The lowest BCUT2D eigenvalue weighted by Crippen LogP contribution is -2.31. The van der Waals surface area contributed by atoms with Crippen molar-refractivity contribution in [1.82, 2.24) is 10.3 Å². The van der Waals surface area contributed by atoms with Crippen LogP contribution in [0, 0.1) is 11.3 Å². The third kappa shape index (κ3) is 6.20. The molecule has 2 amide bonds. The van der Waals surface area contributed by atoms with Gasteiger partial charge in [-0.25, -0.2) is 4.79 Å². The average Bonchev–Trinajstić information content (AvgIpc) is 3.23. The van der Waals surface area contributed by atoms with Crippen LogP contribution in [0.4, 0.5) is 9.80 Å². The van der Waals surface area contributed by atoms with Crippen LogP contribution in [0.25, 0.3) is 0 Å². The van der Waals surface area contributed by atoms with Gasteiger partial charge in [0.2, 0.25) is 5.91 Å². The summed E-state index contributed by atoms with van der Waals surface area (Å²) < 4.78 is 10.9. The topological polar surface area (TPSA) is 113 Å². The van der Waals surface area contributed by atoms with Gasteiger partial charge in [-0.15, -0.1) is 11.3 Å². The number of nitriles is 1. The Hall–Kier alpha value is -3.90. The zero-order valence-electron chi connectivity index (χ0n) is 20.2. The van der Waals surface area contributed by atoms with Crippen LogP contribution in [0.2, 0.25) is 0 Å². The molecule has 0 bridgehead atoms. The summed E-state index contributed by atoms with van der Waals surface area (Å²) in [5.41, 5.74) is 3.35. The number of carbonyl (C=O) groups excluding carboxylic acids is 2. The van der Waals surface area contributed by atoms with Crippen molar-refractivity contribution in [1.29, 1.82) is 5.26 Å². The van der Waals surface area contributed by atoms with Gasteiger partial charge in [-0.1, -0.05) is 25.1 Å². The number of rotatable bonds is 8. The number of hydrogen-bond acceptors (Lipinski definition) is 7. The normalized spacial score (nSPS) is 15.2. The Labute approximate surface area is 214 Å². The Kier molecular flexibility index (Phi) is 8.18. The highest BCUT2D eigenvalue weighted by atomic mass is 32.1. The maximum absolute atomic E-state index is 12.8. The first-order valence-electron chi connectivity index (χ1n) is 11.8. The molecule has 1 aliphatic rings. The Morgan fingerprint density at radius 1 is 1.31 bits per heavy atom. The third-order valence-electron chi connectivity index (χ3n) is 6.17. The molecule has 186 valence electrons. The molecule has 1 aromatic carbocycles. The van der Waals surface area contributed by atoms with Crippen molar-refractivity contribution in [2.75, 3.05) is 12.4 Å². The highest BCUT2D eigenvalue weighted by Gasteiger charge is 2.28. The van der Waals surface area contributed by atoms with E-state index in [-0.39, 0.29) is 24.3 Å². The first kappa shape index (κ1) is 25.2. The van der Waals surface area contributed by atoms with Crippen molar-refractivity contribution in [2.45, 2.75) is 51.2 Å². The summed E-state index contributed by atoms with van der Waals surface area (Å²) in [7, 11) is 1.61. The van der Waals surface area contributed by atoms with Gasteiger partial charge in [0.1, 0.15) is 22.9 Å². The van der Waals surface area contributed by atoms with Crippen molar-refractivity contribution in [3.63, 3.8) is 0 Å². The van der Waals surface area contributed by atoms with Crippen LogP contribution >= 0.6 is 11.3 Å². The number of hydrogen-bond donors (Lipinski definition) is 2.